The van der Waals surface area contributed by atoms with Crippen LogP contribution in [0.2, 0.25) is 0 Å². The lowest BCUT2D eigenvalue weighted by Crippen LogP contribution is -2.55. The first-order chi connectivity index (χ1) is 8.93. The lowest BCUT2D eigenvalue weighted by molar-refractivity contribution is 0.00199. The van der Waals surface area contributed by atoms with Crippen molar-refractivity contribution in [3.05, 3.63) is 0 Å². The minimum Gasteiger partial charge on any atom is -0.374 e. The number of hydrogen-bond donors (Lipinski definition) is 1. The fourth-order valence-corrected chi connectivity index (χ4v) is 4.87. The SMILES string of the molecule is CC1CC(C)CN(S(=O)(=O)N2CCOC(CN)C2)C1. The van der Waals surface area contributed by atoms with E-state index in [1.165, 1.54) is 4.31 Å². The van der Waals surface area contributed by atoms with E-state index in [-0.39, 0.29) is 6.10 Å². The van der Waals surface area contributed by atoms with Gasteiger partial charge in [-0.3, -0.25) is 0 Å². The van der Waals surface area contributed by atoms with Gasteiger partial charge < -0.3 is 10.5 Å². The van der Waals surface area contributed by atoms with E-state index in [9.17, 15) is 8.42 Å². The summed E-state index contributed by atoms with van der Waals surface area (Å²) in [5.41, 5.74) is 5.57. The molecule has 0 bridgehead atoms. The molecule has 0 aromatic rings. The second-order valence-electron chi connectivity index (χ2n) is 5.86. The van der Waals surface area contributed by atoms with Crippen LogP contribution in [-0.4, -0.2) is 62.5 Å². The molecule has 6 nitrogen and oxygen atoms in total. The number of nitrogens with two attached hydrogens (primary N) is 1. The third-order valence-corrected chi connectivity index (χ3v) is 5.79. The standard InChI is InChI=1S/C12H25N3O3S/c1-10-5-11(2)8-15(7-10)19(16,17)14-3-4-18-12(6-13)9-14/h10-12H,3-9,13H2,1-2H3. The Morgan fingerprint density at radius 2 is 1.79 bits per heavy atom. The Morgan fingerprint density at radius 3 is 2.37 bits per heavy atom. The van der Waals surface area contributed by atoms with E-state index in [1.807, 2.05) is 0 Å². The molecule has 0 aromatic carbocycles. The summed E-state index contributed by atoms with van der Waals surface area (Å²) in [6.45, 7) is 7.06. The number of piperidine rings is 1. The van der Waals surface area contributed by atoms with Gasteiger partial charge in [0, 0.05) is 32.7 Å². The summed E-state index contributed by atoms with van der Waals surface area (Å²) in [6, 6.07) is 0. The van der Waals surface area contributed by atoms with Gasteiger partial charge in [0.15, 0.2) is 0 Å². The van der Waals surface area contributed by atoms with E-state index in [1.54, 1.807) is 4.31 Å². The quantitative estimate of drug-likeness (QED) is 0.786. The molecule has 2 heterocycles. The smallest absolute Gasteiger partial charge is 0.282 e. The van der Waals surface area contributed by atoms with Crippen LogP contribution in [0.3, 0.4) is 0 Å². The predicted octanol–water partition coefficient (Wildman–Crippen LogP) is -0.131. The second-order valence-corrected chi connectivity index (χ2v) is 7.79. The molecule has 3 unspecified atom stereocenters. The van der Waals surface area contributed by atoms with Crippen molar-refractivity contribution in [1.29, 1.82) is 0 Å². The Labute approximate surface area is 116 Å². The monoisotopic (exact) mass is 291 g/mol. The van der Waals surface area contributed by atoms with Crippen molar-refractivity contribution in [1.82, 2.24) is 8.61 Å². The van der Waals surface area contributed by atoms with Crippen LogP contribution in [0.5, 0.6) is 0 Å². The van der Waals surface area contributed by atoms with Crippen molar-refractivity contribution in [3.63, 3.8) is 0 Å². The maximum Gasteiger partial charge on any atom is 0.282 e. The number of hydrogen-bond acceptors (Lipinski definition) is 4. The normalized spacial score (nSPS) is 35.4. The average Bonchev–Trinajstić information content (AvgIpc) is 2.37. The molecule has 0 saturated carbocycles. The highest BCUT2D eigenvalue weighted by molar-refractivity contribution is 7.86. The van der Waals surface area contributed by atoms with Crippen LogP contribution >= 0.6 is 0 Å². The lowest BCUT2D eigenvalue weighted by atomic mass is 9.94. The number of rotatable bonds is 3. The van der Waals surface area contributed by atoms with Crippen LogP contribution in [0.4, 0.5) is 0 Å². The Balaban J connectivity index is 2.08. The summed E-state index contributed by atoms with van der Waals surface area (Å²) < 4.78 is 33.9. The van der Waals surface area contributed by atoms with E-state index in [2.05, 4.69) is 13.8 Å². The van der Waals surface area contributed by atoms with Crippen molar-refractivity contribution in [2.24, 2.45) is 17.6 Å². The third-order valence-electron chi connectivity index (χ3n) is 3.85. The number of morpholine rings is 1. The van der Waals surface area contributed by atoms with Crippen molar-refractivity contribution in [2.75, 3.05) is 39.3 Å². The van der Waals surface area contributed by atoms with Gasteiger partial charge in [-0.25, -0.2) is 0 Å². The maximum atomic E-state index is 12.6. The first-order valence-corrected chi connectivity index (χ1v) is 8.40. The van der Waals surface area contributed by atoms with Crippen LogP contribution in [-0.2, 0) is 14.9 Å². The summed E-state index contributed by atoms with van der Waals surface area (Å²) in [7, 11) is -3.36. The molecule has 2 saturated heterocycles. The van der Waals surface area contributed by atoms with Gasteiger partial charge in [0.25, 0.3) is 10.2 Å². The first-order valence-electron chi connectivity index (χ1n) is 7.00. The fourth-order valence-electron chi connectivity index (χ4n) is 3.00. The van der Waals surface area contributed by atoms with E-state index in [0.29, 0.717) is 51.2 Å². The maximum absolute atomic E-state index is 12.6. The van der Waals surface area contributed by atoms with Gasteiger partial charge in [-0.2, -0.15) is 17.0 Å². The molecule has 7 heteroatoms. The molecular formula is C12H25N3O3S. The van der Waals surface area contributed by atoms with Crippen LogP contribution in [0.25, 0.3) is 0 Å². The highest BCUT2D eigenvalue weighted by atomic mass is 32.2. The van der Waals surface area contributed by atoms with Gasteiger partial charge in [-0.05, 0) is 18.3 Å². The summed E-state index contributed by atoms with van der Waals surface area (Å²) in [5.74, 6) is 0.842. The molecule has 0 amide bonds. The molecule has 0 radical (unpaired) electrons. The Bertz CT molecular complexity index is 391. The van der Waals surface area contributed by atoms with Gasteiger partial charge in [0.1, 0.15) is 0 Å². The molecule has 0 aromatic heterocycles. The second kappa shape index (κ2) is 6.05. The van der Waals surface area contributed by atoms with Gasteiger partial charge in [0.05, 0.1) is 12.7 Å². The zero-order chi connectivity index (χ0) is 14.0. The summed E-state index contributed by atoms with van der Waals surface area (Å²) in [6.07, 6.45) is 0.920. The molecule has 0 spiro atoms. The van der Waals surface area contributed by atoms with Crippen LogP contribution < -0.4 is 5.73 Å². The highest BCUT2D eigenvalue weighted by Gasteiger charge is 2.37. The van der Waals surface area contributed by atoms with Crippen LogP contribution in [0, 0.1) is 11.8 Å². The summed E-state index contributed by atoms with van der Waals surface area (Å²) in [5, 5.41) is 0. The van der Waals surface area contributed by atoms with Crippen molar-refractivity contribution >= 4 is 10.2 Å². The van der Waals surface area contributed by atoms with Gasteiger partial charge in [0.2, 0.25) is 0 Å². The minimum absolute atomic E-state index is 0.178. The zero-order valence-electron chi connectivity index (χ0n) is 11.8. The van der Waals surface area contributed by atoms with E-state index >= 15 is 0 Å². The molecule has 3 atom stereocenters. The van der Waals surface area contributed by atoms with Crippen molar-refractivity contribution in [2.45, 2.75) is 26.4 Å². The first kappa shape index (κ1) is 15.2. The van der Waals surface area contributed by atoms with Gasteiger partial charge in [-0.1, -0.05) is 13.8 Å². The van der Waals surface area contributed by atoms with E-state index in [0.717, 1.165) is 6.42 Å². The topological polar surface area (TPSA) is 75.9 Å². The lowest BCUT2D eigenvalue weighted by Gasteiger charge is -2.39. The summed E-state index contributed by atoms with van der Waals surface area (Å²) >= 11 is 0. The zero-order valence-corrected chi connectivity index (χ0v) is 12.6. The van der Waals surface area contributed by atoms with Gasteiger partial charge >= 0.3 is 0 Å². The molecule has 2 aliphatic heterocycles. The minimum atomic E-state index is -3.36. The molecule has 112 valence electrons. The molecule has 0 aliphatic carbocycles. The van der Waals surface area contributed by atoms with E-state index in [4.69, 9.17) is 10.5 Å². The Morgan fingerprint density at radius 1 is 1.16 bits per heavy atom. The van der Waals surface area contributed by atoms with Crippen LogP contribution in [0.1, 0.15) is 20.3 Å². The molecule has 19 heavy (non-hydrogen) atoms. The van der Waals surface area contributed by atoms with Gasteiger partial charge in [-0.15, -0.1) is 0 Å². The molecule has 2 N–H and O–H groups in total. The molecular weight excluding hydrogens is 266 g/mol. The van der Waals surface area contributed by atoms with Crippen molar-refractivity contribution in [3.8, 4) is 0 Å². The van der Waals surface area contributed by atoms with Crippen molar-refractivity contribution < 1.29 is 13.2 Å². The summed E-state index contributed by atoms with van der Waals surface area (Å²) in [4.78, 5) is 0. The fraction of sp³-hybridized carbons (Fsp3) is 1.00. The number of nitrogens with zero attached hydrogens (tertiary/aromatic N) is 2. The third kappa shape index (κ3) is 3.46. The van der Waals surface area contributed by atoms with E-state index < -0.39 is 10.2 Å². The number of ether oxygens (including phenoxy) is 1. The Hall–Kier alpha value is -0.210. The molecule has 2 rings (SSSR count). The predicted molar refractivity (Wildman–Crippen MR) is 73.8 cm³/mol. The Kier molecular flexibility index (Phi) is 4.84. The average molecular weight is 291 g/mol. The molecule has 2 aliphatic rings. The van der Waals surface area contributed by atoms with Crippen LogP contribution in [0.15, 0.2) is 0 Å². The highest BCUT2D eigenvalue weighted by Crippen LogP contribution is 2.25. The molecule has 2 fully saturated rings. The largest absolute Gasteiger partial charge is 0.374 e.